The molecule has 1 unspecified atom stereocenters. The summed E-state index contributed by atoms with van der Waals surface area (Å²) >= 11 is 5.63. The van der Waals surface area contributed by atoms with E-state index in [9.17, 15) is 18.3 Å². The van der Waals surface area contributed by atoms with Gasteiger partial charge in [-0.05, 0) is 25.1 Å². The van der Waals surface area contributed by atoms with E-state index in [4.69, 9.17) is 11.6 Å². The molecule has 1 fully saturated rings. The molecule has 0 bridgehead atoms. The molecule has 0 radical (unpaired) electrons. The van der Waals surface area contributed by atoms with E-state index in [1.54, 1.807) is 0 Å². The van der Waals surface area contributed by atoms with Crippen molar-refractivity contribution in [3.63, 3.8) is 0 Å². The number of phenolic OH excluding ortho intramolecular Hbond substituents is 1. The van der Waals surface area contributed by atoms with Crippen molar-refractivity contribution < 1.29 is 18.3 Å². The Hall–Kier alpha value is -0.940. The summed E-state index contributed by atoms with van der Waals surface area (Å²) in [7, 11) is 0. The number of aromatic hydroxyl groups is 1. The Balaban J connectivity index is 2.46. The van der Waals surface area contributed by atoms with E-state index in [1.165, 1.54) is 0 Å². The average molecular weight is 266 g/mol. The molecule has 1 saturated heterocycles. The summed E-state index contributed by atoms with van der Waals surface area (Å²) in [5.74, 6) is -0.358. The Kier molecular flexibility index (Phi) is 3.23. The molecule has 1 aromatic rings. The van der Waals surface area contributed by atoms with Gasteiger partial charge in [-0.25, -0.2) is 0 Å². The third kappa shape index (κ3) is 2.50. The SMILES string of the molecule is Oc1c(Cl)cc(C(F)(F)F)cc1C1CCNC1. The minimum Gasteiger partial charge on any atom is -0.506 e. The number of nitrogens with one attached hydrogen (secondary N) is 1. The lowest BCUT2D eigenvalue weighted by molar-refractivity contribution is -0.137. The van der Waals surface area contributed by atoms with Crippen molar-refractivity contribution in [3.8, 4) is 5.75 Å². The van der Waals surface area contributed by atoms with Crippen LogP contribution in [0.2, 0.25) is 5.02 Å². The van der Waals surface area contributed by atoms with Gasteiger partial charge in [-0.3, -0.25) is 0 Å². The second-order valence-electron chi connectivity index (χ2n) is 4.08. The fraction of sp³-hybridized carbons (Fsp3) is 0.455. The van der Waals surface area contributed by atoms with Crippen LogP contribution >= 0.6 is 11.6 Å². The van der Waals surface area contributed by atoms with Crippen LogP contribution in [-0.4, -0.2) is 18.2 Å². The van der Waals surface area contributed by atoms with Gasteiger partial charge in [-0.2, -0.15) is 13.2 Å². The van der Waals surface area contributed by atoms with Crippen LogP contribution in [-0.2, 0) is 6.18 Å². The second kappa shape index (κ2) is 4.38. The molecule has 1 heterocycles. The summed E-state index contributed by atoms with van der Waals surface area (Å²) in [5.41, 5.74) is -0.544. The monoisotopic (exact) mass is 265 g/mol. The molecule has 2 N–H and O–H groups in total. The molecule has 1 aliphatic heterocycles. The summed E-state index contributed by atoms with van der Waals surface area (Å²) in [4.78, 5) is 0. The van der Waals surface area contributed by atoms with Crippen LogP contribution in [0.1, 0.15) is 23.5 Å². The van der Waals surface area contributed by atoms with Crippen molar-refractivity contribution >= 4 is 11.6 Å². The molecular formula is C11H11ClF3NO. The van der Waals surface area contributed by atoms with Crippen molar-refractivity contribution in [1.29, 1.82) is 0 Å². The van der Waals surface area contributed by atoms with Gasteiger partial charge < -0.3 is 10.4 Å². The predicted molar refractivity (Wildman–Crippen MR) is 58.3 cm³/mol. The third-order valence-electron chi connectivity index (χ3n) is 2.92. The van der Waals surface area contributed by atoms with Crippen molar-refractivity contribution in [3.05, 3.63) is 28.3 Å². The minimum absolute atomic E-state index is 0.116. The fourth-order valence-electron chi connectivity index (χ4n) is 2.02. The number of benzene rings is 1. The Morgan fingerprint density at radius 3 is 2.59 bits per heavy atom. The summed E-state index contributed by atoms with van der Waals surface area (Å²) in [5, 5.41) is 12.5. The van der Waals surface area contributed by atoms with E-state index in [0.29, 0.717) is 13.0 Å². The first-order valence-electron chi connectivity index (χ1n) is 5.20. The van der Waals surface area contributed by atoms with Crippen molar-refractivity contribution in [2.45, 2.75) is 18.5 Å². The van der Waals surface area contributed by atoms with Crippen LogP contribution < -0.4 is 5.32 Å². The van der Waals surface area contributed by atoms with Gasteiger partial charge in [0.2, 0.25) is 0 Å². The zero-order valence-corrected chi connectivity index (χ0v) is 9.57. The molecule has 94 valence electrons. The molecule has 0 aliphatic carbocycles. The highest BCUT2D eigenvalue weighted by Gasteiger charge is 2.33. The summed E-state index contributed by atoms with van der Waals surface area (Å²) < 4.78 is 37.8. The van der Waals surface area contributed by atoms with Crippen LogP contribution in [0, 0.1) is 0 Å². The Bertz CT molecular complexity index is 427. The van der Waals surface area contributed by atoms with E-state index in [2.05, 4.69) is 5.32 Å². The van der Waals surface area contributed by atoms with E-state index in [-0.39, 0.29) is 22.3 Å². The largest absolute Gasteiger partial charge is 0.506 e. The molecule has 1 aromatic carbocycles. The predicted octanol–water partition coefficient (Wildman–Crippen LogP) is 3.14. The Labute approximate surface area is 101 Å². The Morgan fingerprint density at radius 1 is 1.35 bits per heavy atom. The van der Waals surface area contributed by atoms with Gasteiger partial charge in [0, 0.05) is 18.0 Å². The van der Waals surface area contributed by atoms with Crippen LogP contribution in [0.4, 0.5) is 13.2 Å². The third-order valence-corrected chi connectivity index (χ3v) is 3.21. The first-order valence-corrected chi connectivity index (χ1v) is 5.57. The summed E-state index contributed by atoms with van der Waals surface area (Å²) in [6.45, 7) is 1.29. The highest BCUT2D eigenvalue weighted by molar-refractivity contribution is 6.32. The van der Waals surface area contributed by atoms with E-state index < -0.39 is 11.7 Å². The number of hydrogen-bond acceptors (Lipinski definition) is 2. The van der Waals surface area contributed by atoms with Gasteiger partial charge in [0.05, 0.1) is 10.6 Å². The maximum Gasteiger partial charge on any atom is 0.416 e. The maximum atomic E-state index is 12.6. The number of alkyl halides is 3. The van der Waals surface area contributed by atoms with Crippen LogP contribution in [0.3, 0.4) is 0 Å². The van der Waals surface area contributed by atoms with Gasteiger partial charge in [0.15, 0.2) is 0 Å². The molecule has 0 aromatic heterocycles. The van der Waals surface area contributed by atoms with E-state index in [0.717, 1.165) is 18.7 Å². The van der Waals surface area contributed by atoms with Crippen molar-refractivity contribution in [2.75, 3.05) is 13.1 Å². The Morgan fingerprint density at radius 2 is 2.06 bits per heavy atom. The van der Waals surface area contributed by atoms with Crippen LogP contribution in [0.25, 0.3) is 0 Å². The van der Waals surface area contributed by atoms with Crippen LogP contribution in [0.15, 0.2) is 12.1 Å². The lowest BCUT2D eigenvalue weighted by Crippen LogP contribution is -2.10. The highest BCUT2D eigenvalue weighted by Crippen LogP contribution is 2.40. The van der Waals surface area contributed by atoms with Crippen molar-refractivity contribution in [1.82, 2.24) is 5.32 Å². The molecule has 0 amide bonds. The molecule has 6 heteroatoms. The summed E-state index contributed by atoms with van der Waals surface area (Å²) in [6, 6.07) is 1.74. The zero-order chi connectivity index (χ0) is 12.6. The summed E-state index contributed by atoms with van der Waals surface area (Å²) in [6.07, 6.45) is -3.75. The van der Waals surface area contributed by atoms with Gasteiger partial charge in [0.25, 0.3) is 0 Å². The quantitative estimate of drug-likeness (QED) is 0.818. The lowest BCUT2D eigenvalue weighted by Gasteiger charge is -2.15. The molecule has 0 spiro atoms. The molecular weight excluding hydrogens is 255 g/mol. The topological polar surface area (TPSA) is 32.3 Å². The van der Waals surface area contributed by atoms with Crippen LogP contribution in [0.5, 0.6) is 5.75 Å². The number of phenols is 1. The highest BCUT2D eigenvalue weighted by atomic mass is 35.5. The maximum absolute atomic E-state index is 12.6. The molecule has 2 nitrogen and oxygen atoms in total. The number of hydrogen-bond donors (Lipinski definition) is 2. The van der Waals surface area contributed by atoms with Gasteiger partial charge in [-0.15, -0.1) is 0 Å². The smallest absolute Gasteiger partial charge is 0.416 e. The number of halogens is 4. The number of rotatable bonds is 1. The van der Waals surface area contributed by atoms with Gasteiger partial charge >= 0.3 is 6.18 Å². The normalized spacial score (nSPS) is 20.8. The second-order valence-corrected chi connectivity index (χ2v) is 4.49. The van der Waals surface area contributed by atoms with Gasteiger partial charge in [-0.1, -0.05) is 11.6 Å². The van der Waals surface area contributed by atoms with E-state index >= 15 is 0 Å². The van der Waals surface area contributed by atoms with Crippen molar-refractivity contribution in [2.24, 2.45) is 0 Å². The first-order chi connectivity index (χ1) is 7.89. The minimum atomic E-state index is -4.45. The zero-order valence-electron chi connectivity index (χ0n) is 8.81. The van der Waals surface area contributed by atoms with E-state index in [1.807, 2.05) is 0 Å². The van der Waals surface area contributed by atoms with Gasteiger partial charge in [0.1, 0.15) is 5.75 Å². The molecule has 17 heavy (non-hydrogen) atoms. The molecule has 0 saturated carbocycles. The first kappa shape index (κ1) is 12.5. The average Bonchev–Trinajstić information content (AvgIpc) is 2.73. The lowest BCUT2D eigenvalue weighted by atomic mass is 9.95. The standard InChI is InChI=1S/C11H11ClF3NO/c12-9-4-7(11(13,14)15)3-8(10(9)17)6-1-2-16-5-6/h3-4,6,16-17H,1-2,5H2. The molecule has 1 atom stereocenters. The fourth-order valence-corrected chi connectivity index (χ4v) is 2.24. The molecule has 1 aliphatic rings. The molecule has 2 rings (SSSR count).